The standard InChI is InChI=1S/C18H21FN2O2/c1-14-7-9-16(10-8-14)23-12-4-11-20-18(22)21-13-15-5-2-3-6-17(15)19/h2-3,5-10H,4,11-13H2,1H3,(H2,20,21,22). The van der Waals surface area contributed by atoms with Crippen molar-refractivity contribution in [3.05, 3.63) is 65.5 Å². The van der Waals surface area contributed by atoms with Gasteiger partial charge in [0.05, 0.1) is 6.61 Å². The highest BCUT2D eigenvalue weighted by Gasteiger charge is 2.03. The molecule has 0 aliphatic carbocycles. The molecule has 2 aromatic rings. The monoisotopic (exact) mass is 316 g/mol. The van der Waals surface area contributed by atoms with Crippen LogP contribution in [0.25, 0.3) is 0 Å². The van der Waals surface area contributed by atoms with Gasteiger partial charge in [0.15, 0.2) is 0 Å². The zero-order valence-corrected chi connectivity index (χ0v) is 13.1. The largest absolute Gasteiger partial charge is 0.494 e. The Bertz CT molecular complexity index is 629. The Morgan fingerprint density at radius 3 is 2.57 bits per heavy atom. The molecule has 0 saturated heterocycles. The Balaban J connectivity index is 1.58. The van der Waals surface area contributed by atoms with Crippen molar-refractivity contribution in [1.29, 1.82) is 0 Å². The Hall–Kier alpha value is -2.56. The van der Waals surface area contributed by atoms with E-state index >= 15 is 0 Å². The summed E-state index contributed by atoms with van der Waals surface area (Å²) in [4.78, 5) is 11.6. The summed E-state index contributed by atoms with van der Waals surface area (Å²) < 4.78 is 19.0. The van der Waals surface area contributed by atoms with Crippen molar-refractivity contribution in [2.24, 2.45) is 0 Å². The predicted molar refractivity (Wildman–Crippen MR) is 87.9 cm³/mol. The Kier molecular flexibility index (Phi) is 6.41. The molecule has 2 rings (SSSR count). The molecule has 2 aromatic carbocycles. The molecular formula is C18H21FN2O2. The summed E-state index contributed by atoms with van der Waals surface area (Å²) in [5.41, 5.74) is 1.65. The molecule has 0 fully saturated rings. The highest BCUT2D eigenvalue weighted by atomic mass is 19.1. The predicted octanol–water partition coefficient (Wildman–Crippen LogP) is 3.40. The average Bonchev–Trinajstić information content (AvgIpc) is 2.55. The average molecular weight is 316 g/mol. The second-order valence-electron chi connectivity index (χ2n) is 5.22. The van der Waals surface area contributed by atoms with Crippen LogP contribution in [-0.2, 0) is 6.54 Å². The molecule has 2 amide bonds. The molecule has 2 N–H and O–H groups in total. The fourth-order valence-corrected chi connectivity index (χ4v) is 1.98. The second-order valence-corrected chi connectivity index (χ2v) is 5.22. The van der Waals surface area contributed by atoms with E-state index in [1.165, 1.54) is 11.6 Å². The Morgan fingerprint density at radius 1 is 1.09 bits per heavy atom. The van der Waals surface area contributed by atoms with Gasteiger partial charge in [0.2, 0.25) is 0 Å². The first kappa shape index (κ1) is 16.8. The minimum atomic E-state index is -0.320. The molecule has 0 aliphatic rings. The quantitative estimate of drug-likeness (QED) is 0.769. The number of carbonyl (C=O) groups is 1. The van der Waals surface area contributed by atoms with E-state index in [4.69, 9.17) is 4.74 Å². The van der Waals surface area contributed by atoms with Gasteiger partial charge in [-0.1, -0.05) is 35.9 Å². The first-order chi connectivity index (χ1) is 11.1. The SMILES string of the molecule is Cc1ccc(OCCCNC(=O)NCc2ccccc2F)cc1. The van der Waals surface area contributed by atoms with Gasteiger partial charge in [0.25, 0.3) is 0 Å². The summed E-state index contributed by atoms with van der Waals surface area (Å²) in [5, 5.41) is 5.34. The zero-order chi connectivity index (χ0) is 16.5. The molecule has 0 heterocycles. The summed E-state index contributed by atoms with van der Waals surface area (Å²) in [6.07, 6.45) is 0.695. The molecule has 0 aromatic heterocycles. The number of rotatable bonds is 7. The normalized spacial score (nSPS) is 10.2. The fraction of sp³-hybridized carbons (Fsp3) is 0.278. The summed E-state index contributed by atoms with van der Waals surface area (Å²) in [6.45, 7) is 3.21. The number of nitrogens with one attached hydrogen (secondary N) is 2. The minimum absolute atomic E-state index is 0.165. The third kappa shape index (κ3) is 5.98. The molecule has 0 unspecified atom stereocenters. The van der Waals surface area contributed by atoms with E-state index in [1.54, 1.807) is 18.2 Å². The van der Waals surface area contributed by atoms with Crippen molar-refractivity contribution < 1.29 is 13.9 Å². The van der Waals surface area contributed by atoms with Gasteiger partial charge >= 0.3 is 6.03 Å². The van der Waals surface area contributed by atoms with Crippen LogP contribution in [-0.4, -0.2) is 19.2 Å². The van der Waals surface area contributed by atoms with E-state index in [0.717, 1.165) is 5.75 Å². The maximum absolute atomic E-state index is 13.4. The van der Waals surface area contributed by atoms with Crippen LogP contribution >= 0.6 is 0 Å². The van der Waals surface area contributed by atoms with Crippen LogP contribution in [0.4, 0.5) is 9.18 Å². The van der Waals surface area contributed by atoms with E-state index in [9.17, 15) is 9.18 Å². The van der Waals surface area contributed by atoms with Gasteiger partial charge < -0.3 is 15.4 Å². The second kappa shape index (κ2) is 8.78. The summed E-state index contributed by atoms with van der Waals surface area (Å²) in [5.74, 6) is 0.499. The van der Waals surface area contributed by atoms with Crippen molar-refractivity contribution in [2.45, 2.75) is 19.9 Å². The molecule has 0 atom stereocenters. The maximum Gasteiger partial charge on any atom is 0.315 e. The number of halogens is 1. The fourth-order valence-electron chi connectivity index (χ4n) is 1.98. The van der Waals surface area contributed by atoms with Crippen molar-refractivity contribution in [1.82, 2.24) is 10.6 Å². The van der Waals surface area contributed by atoms with Gasteiger partial charge in [-0.15, -0.1) is 0 Å². The van der Waals surface area contributed by atoms with E-state index in [1.807, 2.05) is 31.2 Å². The van der Waals surface area contributed by atoms with Gasteiger partial charge in [0, 0.05) is 18.7 Å². The molecule has 23 heavy (non-hydrogen) atoms. The highest BCUT2D eigenvalue weighted by molar-refractivity contribution is 5.73. The summed E-state index contributed by atoms with van der Waals surface area (Å²) in [6, 6.07) is 13.9. The Morgan fingerprint density at radius 2 is 1.83 bits per heavy atom. The molecule has 0 aliphatic heterocycles. The molecular weight excluding hydrogens is 295 g/mol. The van der Waals surface area contributed by atoms with Crippen molar-refractivity contribution >= 4 is 6.03 Å². The van der Waals surface area contributed by atoms with Gasteiger partial charge in [0.1, 0.15) is 11.6 Å². The third-order valence-corrected chi connectivity index (χ3v) is 3.29. The first-order valence-electron chi connectivity index (χ1n) is 7.60. The van der Waals surface area contributed by atoms with Crippen molar-refractivity contribution in [3.8, 4) is 5.75 Å². The van der Waals surface area contributed by atoms with E-state index in [-0.39, 0.29) is 18.4 Å². The van der Waals surface area contributed by atoms with Crippen LogP contribution in [0.15, 0.2) is 48.5 Å². The summed E-state index contributed by atoms with van der Waals surface area (Å²) >= 11 is 0. The number of hydrogen-bond acceptors (Lipinski definition) is 2. The number of benzene rings is 2. The van der Waals surface area contributed by atoms with Crippen LogP contribution in [0, 0.1) is 12.7 Å². The highest BCUT2D eigenvalue weighted by Crippen LogP contribution is 2.11. The van der Waals surface area contributed by atoms with Crippen LogP contribution in [0.2, 0.25) is 0 Å². The van der Waals surface area contributed by atoms with Gasteiger partial charge in [-0.2, -0.15) is 0 Å². The van der Waals surface area contributed by atoms with E-state index < -0.39 is 0 Å². The van der Waals surface area contributed by atoms with E-state index in [0.29, 0.717) is 25.1 Å². The summed E-state index contributed by atoms with van der Waals surface area (Å²) in [7, 11) is 0. The van der Waals surface area contributed by atoms with Crippen LogP contribution in [0.5, 0.6) is 5.75 Å². The number of aryl methyl sites for hydroxylation is 1. The first-order valence-corrected chi connectivity index (χ1v) is 7.60. The Labute approximate surface area is 135 Å². The van der Waals surface area contributed by atoms with E-state index in [2.05, 4.69) is 10.6 Å². The molecule has 0 radical (unpaired) electrons. The number of carbonyl (C=O) groups excluding carboxylic acids is 1. The molecule has 0 spiro atoms. The van der Waals surface area contributed by atoms with Gasteiger partial charge in [-0.25, -0.2) is 9.18 Å². The van der Waals surface area contributed by atoms with Crippen LogP contribution in [0.3, 0.4) is 0 Å². The van der Waals surface area contributed by atoms with Gasteiger partial charge in [-0.3, -0.25) is 0 Å². The third-order valence-electron chi connectivity index (χ3n) is 3.29. The number of urea groups is 1. The number of ether oxygens (including phenoxy) is 1. The molecule has 122 valence electrons. The van der Waals surface area contributed by atoms with Crippen molar-refractivity contribution in [3.63, 3.8) is 0 Å². The zero-order valence-electron chi connectivity index (χ0n) is 13.1. The smallest absolute Gasteiger partial charge is 0.315 e. The lowest BCUT2D eigenvalue weighted by atomic mass is 10.2. The van der Waals surface area contributed by atoms with Crippen LogP contribution in [0.1, 0.15) is 17.5 Å². The number of amides is 2. The van der Waals surface area contributed by atoms with Crippen molar-refractivity contribution in [2.75, 3.05) is 13.2 Å². The molecule has 0 saturated carbocycles. The minimum Gasteiger partial charge on any atom is -0.494 e. The van der Waals surface area contributed by atoms with Crippen LogP contribution < -0.4 is 15.4 Å². The lowest BCUT2D eigenvalue weighted by Gasteiger charge is -2.09. The molecule has 5 heteroatoms. The lowest BCUT2D eigenvalue weighted by Crippen LogP contribution is -2.36. The maximum atomic E-state index is 13.4. The topological polar surface area (TPSA) is 50.4 Å². The molecule has 4 nitrogen and oxygen atoms in total. The molecule has 0 bridgehead atoms. The number of hydrogen-bond donors (Lipinski definition) is 2. The lowest BCUT2D eigenvalue weighted by molar-refractivity contribution is 0.238. The van der Waals surface area contributed by atoms with Gasteiger partial charge in [-0.05, 0) is 31.5 Å².